The van der Waals surface area contributed by atoms with Crippen molar-refractivity contribution >= 4 is 29.1 Å². The molecular weight excluding hydrogens is 314 g/mol. The predicted octanol–water partition coefficient (Wildman–Crippen LogP) is 4.77. The number of para-hydroxylation sites is 3. The molecular formula is C20H17N3O2. The maximum atomic E-state index is 12.7. The molecule has 0 unspecified atom stereocenters. The van der Waals surface area contributed by atoms with Gasteiger partial charge in [-0.1, -0.05) is 54.6 Å². The van der Waals surface area contributed by atoms with Crippen LogP contribution in [0.1, 0.15) is 0 Å². The van der Waals surface area contributed by atoms with E-state index in [0.29, 0.717) is 17.1 Å². The Morgan fingerprint density at radius 3 is 1.56 bits per heavy atom. The van der Waals surface area contributed by atoms with Crippen LogP contribution in [0.25, 0.3) is 0 Å². The van der Waals surface area contributed by atoms with Crippen molar-refractivity contribution < 1.29 is 9.59 Å². The second-order valence-corrected chi connectivity index (χ2v) is 5.26. The van der Waals surface area contributed by atoms with Crippen LogP contribution >= 0.6 is 0 Å². The monoisotopic (exact) mass is 331 g/mol. The molecule has 0 heterocycles. The van der Waals surface area contributed by atoms with Gasteiger partial charge in [0.25, 0.3) is 0 Å². The summed E-state index contributed by atoms with van der Waals surface area (Å²) in [5.41, 5.74) is 1.94. The number of amides is 4. The molecule has 2 N–H and O–H groups in total. The maximum absolute atomic E-state index is 12.7. The summed E-state index contributed by atoms with van der Waals surface area (Å²) in [7, 11) is 0. The van der Waals surface area contributed by atoms with E-state index in [0.717, 1.165) is 0 Å². The molecule has 3 rings (SSSR count). The van der Waals surface area contributed by atoms with Gasteiger partial charge in [-0.2, -0.15) is 0 Å². The van der Waals surface area contributed by atoms with E-state index >= 15 is 0 Å². The average Bonchev–Trinajstić information content (AvgIpc) is 2.64. The molecule has 3 aromatic carbocycles. The van der Waals surface area contributed by atoms with Crippen molar-refractivity contribution in [2.45, 2.75) is 0 Å². The van der Waals surface area contributed by atoms with Crippen LogP contribution in [0.2, 0.25) is 0 Å². The molecule has 5 heteroatoms. The zero-order valence-electron chi connectivity index (χ0n) is 13.4. The van der Waals surface area contributed by atoms with Gasteiger partial charge in [0, 0.05) is 5.69 Å². The number of imide groups is 1. The Labute approximate surface area is 145 Å². The van der Waals surface area contributed by atoms with Crippen molar-refractivity contribution in [3.05, 3.63) is 91.0 Å². The van der Waals surface area contributed by atoms with Crippen LogP contribution in [-0.2, 0) is 0 Å². The number of rotatable bonds is 3. The number of carbonyl (C=O) groups excluding carboxylic acids is 2. The number of nitrogens with one attached hydrogen (secondary N) is 2. The van der Waals surface area contributed by atoms with Gasteiger partial charge in [-0.05, 0) is 36.4 Å². The molecule has 5 nitrogen and oxygen atoms in total. The van der Waals surface area contributed by atoms with E-state index in [9.17, 15) is 9.59 Å². The Kier molecular flexibility index (Phi) is 5.07. The molecule has 4 amide bonds. The van der Waals surface area contributed by atoms with Gasteiger partial charge in [-0.3, -0.25) is 10.2 Å². The van der Waals surface area contributed by atoms with Crippen LogP contribution < -0.4 is 15.5 Å². The van der Waals surface area contributed by atoms with Gasteiger partial charge >= 0.3 is 12.1 Å². The smallest absolute Gasteiger partial charge is 0.308 e. The third kappa shape index (κ3) is 4.23. The van der Waals surface area contributed by atoms with Gasteiger partial charge < -0.3 is 5.32 Å². The van der Waals surface area contributed by atoms with Crippen molar-refractivity contribution in [1.82, 2.24) is 5.32 Å². The lowest BCUT2D eigenvalue weighted by molar-refractivity contribution is 0.238. The first-order chi connectivity index (χ1) is 12.2. The Balaban J connectivity index is 1.79. The summed E-state index contributed by atoms with van der Waals surface area (Å²) in [4.78, 5) is 26.3. The lowest BCUT2D eigenvalue weighted by Gasteiger charge is -2.23. The van der Waals surface area contributed by atoms with Crippen molar-refractivity contribution in [3.63, 3.8) is 0 Å². The Bertz CT molecular complexity index is 797. The van der Waals surface area contributed by atoms with Crippen molar-refractivity contribution in [3.8, 4) is 0 Å². The van der Waals surface area contributed by atoms with Crippen molar-refractivity contribution in [2.24, 2.45) is 0 Å². The highest BCUT2D eigenvalue weighted by Gasteiger charge is 2.19. The number of benzene rings is 3. The quantitative estimate of drug-likeness (QED) is 0.726. The minimum absolute atomic E-state index is 0.536. The Morgan fingerprint density at radius 2 is 1.08 bits per heavy atom. The highest BCUT2D eigenvalue weighted by Crippen LogP contribution is 2.24. The van der Waals surface area contributed by atoms with E-state index < -0.39 is 12.1 Å². The van der Waals surface area contributed by atoms with E-state index in [4.69, 9.17) is 0 Å². The van der Waals surface area contributed by atoms with E-state index in [2.05, 4.69) is 10.6 Å². The molecule has 0 aliphatic rings. The van der Waals surface area contributed by atoms with Crippen molar-refractivity contribution in [1.29, 1.82) is 0 Å². The first-order valence-corrected chi connectivity index (χ1v) is 7.81. The number of hydrogen-bond donors (Lipinski definition) is 2. The average molecular weight is 331 g/mol. The molecule has 0 aromatic heterocycles. The third-order valence-electron chi connectivity index (χ3n) is 3.48. The van der Waals surface area contributed by atoms with Crippen LogP contribution in [0.15, 0.2) is 91.0 Å². The van der Waals surface area contributed by atoms with Gasteiger partial charge in [0.15, 0.2) is 0 Å². The van der Waals surface area contributed by atoms with Crippen LogP contribution in [0.4, 0.5) is 26.7 Å². The van der Waals surface area contributed by atoms with E-state index in [1.807, 2.05) is 66.7 Å². The first-order valence-electron chi connectivity index (χ1n) is 7.81. The summed E-state index contributed by atoms with van der Waals surface area (Å²) < 4.78 is 0. The summed E-state index contributed by atoms with van der Waals surface area (Å²) in [5.74, 6) is 0. The van der Waals surface area contributed by atoms with Crippen LogP contribution in [-0.4, -0.2) is 12.1 Å². The Hall–Kier alpha value is -3.60. The molecule has 124 valence electrons. The van der Waals surface area contributed by atoms with Crippen molar-refractivity contribution in [2.75, 3.05) is 10.2 Å². The van der Waals surface area contributed by atoms with E-state index in [1.54, 1.807) is 24.3 Å². The predicted molar refractivity (Wildman–Crippen MR) is 99.0 cm³/mol. The minimum Gasteiger partial charge on any atom is -0.308 e. The number of nitrogens with zero attached hydrogens (tertiary/aromatic N) is 1. The largest absolute Gasteiger partial charge is 0.334 e. The lowest BCUT2D eigenvalue weighted by atomic mass is 10.2. The molecule has 0 saturated carbocycles. The fraction of sp³-hybridized carbons (Fsp3) is 0. The molecule has 0 atom stereocenters. The summed E-state index contributed by atoms with van der Waals surface area (Å²) in [6.45, 7) is 0. The number of hydrogen-bond acceptors (Lipinski definition) is 2. The lowest BCUT2D eigenvalue weighted by Crippen LogP contribution is -2.42. The minimum atomic E-state index is -0.590. The Morgan fingerprint density at radius 1 is 0.640 bits per heavy atom. The molecule has 0 bridgehead atoms. The fourth-order valence-corrected chi connectivity index (χ4v) is 2.37. The molecule has 3 aromatic rings. The third-order valence-corrected chi connectivity index (χ3v) is 3.48. The molecule has 0 fully saturated rings. The number of anilines is 3. The van der Waals surface area contributed by atoms with Gasteiger partial charge in [0.05, 0.1) is 11.4 Å². The molecule has 0 aliphatic heterocycles. The van der Waals surface area contributed by atoms with Gasteiger partial charge in [-0.25, -0.2) is 9.59 Å². The summed E-state index contributed by atoms with van der Waals surface area (Å²) in [6.07, 6.45) is 0. The highest BCUT2D eigenvalue weighted by atomic mass is 16.2. The zero-order chi connectivity index (χ0) is 17.5. The highest BCUT2D eigenvalue weighted by molar-refractivity contribution is 6.09. The molecule has 0 aliphatic carbocycles. The SMILES string of the molecule is O=C(NC(=O)N(c1ccccc1)c1ccccc1)Nc1ccccc1. The van der Waals surface area contributed by atoms with E-state index in [1.165, 1.54) is 4.90 Å². The second-order valence-electron chi connectivity index (χ2n) is 5.26. The van der Waals surface area contributed by atoms with E-state index in [-0.39, 0.29) is 0 Å². The molecule has 0 spiro atoms. The molecule has 0 radical (unpaired) electrons. The standard InChI is InChI=1S/C20H17N3O2/c24-19(21-16-10-4-1-5-11-16)22-20(25)23(17-12-6-2-7-13-17)18-14-8-3-9-15-18/h1-15H,(H2,21,22,24,25). The molecule has 25 heavy (non-hydrogen) atoms. The van der Waals surface area contributed by atoms with Crippen LogP contribution in [0.5, 0.6) is 0 Å². The van der Waals surface area contributed by atoms with Gasteiger partial charge in [-0.15, -0.1) is 0 Å². The van der Waals surface area contributed by atoms with Crippen LogP contribution in [0.3, 0.4) is 0 Å². The summed E-state index contributed by atoms with van der Waals surface area (Å²) in [5, 5.41) is 5.00. The number of urea groups is 2. The normalized spacial score (nSPS) is 9.92. The number of carbonyl (C=O) groups is 2. The fourth-order valence-electron chi connectivity index (χ4n) is 2.37. The summed E-state index contributed by atoms with van der Waals surface area (Å²) >= 11 is 0. The van der Waals surface area contributed by atoms with Crippen LogP contribution in [0, 0.1) is 0 Å². The second kappa shape index (κ2) is 7.79. The van der Waals surface area contributed by atoms with Gasteiger partial charge in [0.1, 0.15) is 0 Å². The first kappa shape index (κ1) is 16.3. The molecule has 0 saturated heterocycles. The summed E-state index contributed by atoms with van der Waals surface area (Å²) in [6, 6.07) is 26.1. The zero-order valence-corrected chi connectivity index (χ0v) is 13.4. The topological polar surface area (TPSA) is 61.4 Å². The van der Waals surface area contributed by atoms with Gasteiger partial charge in [0.2, 0.25) is 0 Å². The maximum Gasteiger partial charge on any atom is 0.334 e.